The number of hydrogen-bond acceptors (Lipinski definition) is 4. The van der Waals surface area contributed by atoms with Gasteiger partial charge in [-0.25, -0.2) is 9.78 Å². The summed E-state index contributed by atoms with van der Waals surface area (Å²) in [5.74, 6) is 0.738. The molecule has 136 valence electrons. The Kier molecular flexibility index (Phi) is 4.88. The predicted octanol–water partition coefficient (Wildman–Crippen LogP) is 4.76. The molecule has 27 heavy (non-hydrogen) atoms. The van der Waals surface area contributed by atoms with Gasteiger partial charge in [0.15, 0.2) is 10.8 Å². The van der Waals surface area contributed by atoms with Crippen molar-refractivity contribution in [3.63, 3.8) is 0 Å². The summed E-state index contributed by atoms with van der Waals surface area (Å²) < 4.78 is 2.34. The molecule has 1 N–H and O–H groups in total. The lowest BCUT2D eigenvalue weighted by molar-refractivity contribution is 0.780. The Morgan fingerprint density at radius 2 is 1.93 bits per heavy atom. The van der Waals surface area contributed by atoms with Crippen LogP contribution in [-0.4, -0.2) is 19.6 Å². The van der Waals surface area contributed by atoms with Gasteiger partial charge in [-0.2, -0.15) is 9.61 Å². The fraction of sp³-hybridized carbons (Fsp3) is 0.150. The third kappa shape index (κ3) is 3.70. The van der Waals surface area contributed by atoms with E-state index in [0.29, 0.717) is 10.8 Å². The van der Waals surface area contributed by atoms with Gasteiger partial charge < -0.3 is 0 Å². The number of nitrogens with zero attached hydrogens (tertiary/aromatic N) is 3. The van der Waals surface area contributed by atoms with E-state index in [1.54, 1.807) is 0 Å². The number of fused-ring (bicyclic) bond motifs is 1. The third-order valence-corrected chi connectivity index (χ3v) is 5.71. The van der Waals surface area contributed by atoms with E-state index < -0.39 is 0 Å². The molecule has 0 saturated carbocycles. The fourth-order valence-electron chi connectivity index (χ4n) is 3.01. The lowest BCUT2D eigenvalue weighted by Gasteiger charge is -2.04. The number of nitrogens with one attached hydrogen (secondary N) is 1. The maximum absolute atomic E-state index is 12.5. The van der Waals surface area contributed by atoms with Crippen LogP contribution in [0.1, 0.15) is 16.8 Å². The number of benzene rings is 2. The molecule has 0 aliphatic carbocycles. The van der Waals surface area contributed by atoms with E-state index in [9.17, 15) is 4.79 Å². The van der Waals surface area contributed by atoms with Crippen LogP contribution in [0.25, 0.3) is 16.8 Å². The molecule has 7 heteroatoms. The molecule has 2 heterocycles. The highest BCUT2D eigenvalue weighted by Crippen LogP contribution is 2.29. The molecule has 4 rings (SSSR count). The maximum Gasteiger partial charge on any atom is 0.350 e. The Hall–Kier alpha value is -2.38. The fourth-order valence-corrected chi connectivity index (χ4v) is 4.06. The van der Waals surface area contributed by atoms with Gasteiger partial charge in [0.1, 0.15) is 0 Å². The number of halogens is 1. The number of thioether (sulfide) groups is 1. The van der Waals surface area contributed by atoms with Crippen LogP contribution in [0.2, 0.25) is 0 Å². The Morgan fingerprint density at radius 3 is 2.67 bits per heavy atom. The van der Waals surface area contributed by atoms with Crippen LogP contribution >= 0.6 is 27.7 Å². The van der Waals surface area contributed by atoms with Gasteiger partial charge in [0, 0.05) is 15.8 Å². The van der Waals surface area contributed by atoms with Gasteiger partial charge in [-0.15, -0.1) is 0 Å². The van der Waals surface area contributed by atoms with Crippen molar-refractivity contribution in [2.75, 3.05) is 0 Å². The second kappa shape index (κ2) is 7.32. The van der Waals surface area contributed by atoms with Crippen LogP contribution in [0.3, 0.4) is 0 Å². The lowest BCUT2D eigenvalue weighted by atomic mass is 10.1. The minimum Gasteiger partial charge on any atom is -0.285 e. The van der Waals surface area contributed by atoms with Crippen LogP contribution in [0, 0.1) is 13.8 Å². The van der Waals surface area contributed by atoms with E-state index in [0.717, 1.165) is 27.0 Å². The number of aromatic nitrogens is 4. The zero-order valence-corrected chi connectivity index (χ0v) is 17.3. The number of aryl methyl sites for hydroxylation is 2. The average molecular weight is 441 g/mol. The van der Waals surface area contributed by atoms with Crippen molar-refractivity contribution in [1.82, 2.24) is 19.6 Å². The number of hydrogen-bond donors (Lipinski definition) is 1. The van der Waals surface area contributed by atoms with Gasteiger partial charge in [0.05, 0.1) is 5.69 Å². The average Bonchev–Trinajstić information content (AvgIpc) is 2.98. The van der Waals surface area contributed by atoms with E-state index in [1.165, 1.54) is 27.4 Å². The van der Waals surface area contributed by atoms with Crippen LogP contribution < -0.4 is 5.69 Å². The first-order valence-electron chi connectivity index (χ1n) is 8.45. The highest BCUT2D eigenvalue weighted by atomic mass is 79.9. The second-order valence-electron chi connectivity index (χ2n) is 6.33. The summed E-state index contributed by atoms with van der Waals surface area (Å²) in [7, 11) is 0. The molecule has 0 aliphatic rings. The largest absolute Gasteiger partial charge is 0.350 e. The minimum absolute atomic E-state index is 0.279. The van der Waals surface area contributed by atoms with Gasteiger partial charge in [0.2, 0.25) is 0 Å². The van der Waals surface area contributed by atoms with Crippen LogP contribution in [0.4, 0.5) is 0 Å². The first-order valence-corrected chi connectivity index (χ1v) is 10.2. The Morgan fingerprint density at radius 1 is 1.15 bits per heavy atom. The van der Waals surface area contributed by atoms with E-state index in [2.05, 4.69) is 56.1 Å². The summed E-state index contributed by atoms with van der Waals surface area (Å²) in [6.45, 7) is 3.96. The summed E-state index contributed by atoms with van der Waals surface area (Å²) in [6, 6.07) is 16.3. The smallest absolute Gasteiger partial charge is 0.285 e. The van der Waals surface area contributed by atoms with Gasteiger partial charge in [-0.1, -0.05) is 69.7 Å². The van der Waals surface area contributed by atoms with Crippen LogP contribution in [0.15, 0.2) is 63.0 Å². The van der Waals surface area contributed by atoms with Crippen molar-refractivity contribution in [3.8, 4) is 11.1 Å². The van der Waals surface area contributed by atoms with Crippen LogP contribution in [-0.2, 0) is 5.75 Å². The van der Waals surface area contributed by atoms with E-state index in [4.69, 9.17) is 0 Å². The van der Waals surface area contributed by atoms with Crippen molar-refractivity contribution in [2.45, 2.75) is 24.8 Å². The second-order valence-corrected chi connectivity index (χ2v) is 8.21. The standard InChI is InChI=1S/C20H17BrN4OS/c1-12-4-3-5-14(10-12)11-27-19-22-18-17(15-6-8-16(21)9-7-15)13(2)24-25(18)20(26)23-19/h3-10H,11H2,1-2H3,(H,22,23,26). The third-order valence-electron chi connectivity index (χ3n) is 4.24. The summed E-state index contributed by atoms with van der Waals surface area (Å²) >= 11 is 4.96. The zero-order chi connectivity index (χ0) is 19.0. The molecule has 0 unspecified atom stereocenters. The molecule has 0 fully saturated rings. The predicted molar refractivity (Wildman–Crippen MR) is 112 cm³/mol. The van der Waals surface area contributed by atoms with E-state index in [1.807, 2.05) is 37.3 Å². The van der Waals surface area contributed by atoms with Gasteiger partial charge in [-0.3, -0.25) is 4.98 Å². The molecule has 2 aromatic carbocycles. The molecular formula is C20H17BrN4OS. The quantitative estimate of drug-likeness (QED) is 0.464. The van der Waals surface area contributed by atoms with Crippen LogP contribution in [0.5, 0.6) is 0 Å². The van der Waals surface area contributed by atoms with Gasteiger partial charge in [0.25, 0.3) is 0 Å². The molecule has 2 aromatic heterocycles. The molecule has 4 aromatic rings. The molecule has 0 atom stereocenters. The zero-order valence-electron chi connectivity index (χ0n) is 14.9. The van der Waals surface area contributed by atoms with Gasteiger partial charge >= 0.3 is 5.69 Å². The van der Waals surface area contributed by atoms with E-state index >= 15 is 0 Å². The monoisotopic (exact) mass is 440 g/mol. The molecule has 0 saturated heterocycles. The highest BCUT2D eigenvalue weighted by molar-refractivity contribution is 9.10. The Balaban J connectivity index is 1.74. The first kappa shape index (κ1) is 18.0. The molecule has 0 spiro atoms. The Labute approximate surface area is 169 Å². The molecular weight excluding hydrogens is 424 g/mol. The van der Waals surface area contributed by atoms with Crippen molar-refractivity contribution in [3.05, 3.63) is 80.3 Å². The molecule has 0 bridgehead atoms. The summed E-state index contributed by atoms with van der Waals surface area (Å²) in [4.78, 5) is 20.0. The first-order chi connectivity index (χ1) is 13.0. The minimum atomic E-state index is -0.279. The van der Waals surface area contributed by atoms with Gasteiger partial charge in [-0.05, 0) is 37.1 Å². The highest BCUT2D eigenvalue weighted by Gasteiger charge is 2.16. The maximum atomic E-state index is 12.5. The normalized spacial score (nSPS) is 11.2. The molecule has 0 radical (unpaired) electrons. The molecule has 0 aliphatic heterocycles. The van der Waals surface area contributed by atoms with Crippen molar-refractivity contribution in [1.29, 1.82) is 0 Å². The van der Waals surface area contributed by atoms with Crippen molar-refractivity contribution in [2.24, 2.45) is 0 Å². The number of aromatic amines is 1. The summed E-state index contributed by atoms with van der Waals surface area (Å²) in [6.07, 6.45) is 0. The van der Waals surface area contributed by atoms with E-state index in [-0.39, 0.29) is 5.69 Å². The van der Waals surface area contributed by atoms with Crippen molar-refractivity contribution < 1.29 is 0 Å². The summed E-state index contributed by atoms with van der Waals surface area (Å²) in [5, 5.41) is 4.96. The number of H-pyrrole nitrogens is 1. The Bertz CT molecular complexity index is 1180. The summed E-state index contributed by atoms with van der Waals surface area (Å²) in [5.41, 5.74) is 5.35. The molecule has 5 nitrogen and oxygen atoms in total. The number of rotatable bonds is 4. The SMILES string of the molecule is Cc1cccc(CSc2nc3c(-c4ccc(Br)cc4)c(C)nn3c(=O)[nH]2)c1. The molecule has 0 amide bonds. The lowest BCUT2D eigenvalue weighted by Crippen LogP contribution is -2.19. The van der Waals surface area contributed by atoms with Crippen molar-refractivity contribution >= 4 is 33.3 Å². The topological polar surface area (TPSA) is 63.1 Å².